The molecule has 0 aliphatic rings. The number of nitrogens with zero attached hydrogens (tertiary/aromatic N) is 2. The molecule has 2 nitrogen and oxygen atoms in total. The van der Waals surface area contributed by atoms with Gasteiger partial charge in [-0.05, 0) is 49.2 Å². The Morgan fingerprint density at radius 2 is 1.95 bits per heavy atom. The van der Waals surface area contributed by atoms with Gasteiger partial charge in [-0.3, -0.25) is 4.57 Å². The molecule has 1 heterocycles. The van der Waals surface area contributed by atoms with Crippen LogP contribution in [0.5, 0.6) is 0 Å². The Labute approximate surface area is 121 Å². The number of fused-ring (bicyclic) bond motifs is 1. The number of halogens is 2. The zero-order valence-corrected chi connectivity index (χ0v) is 12.1. The lowest BCUT2D eigenvalue weighted by molar-refractivity contribution is 0.626. The molecular weight excluding hydrogens is 275 g/mol. The summed E-state index contributed by atoms with van der Waals surface area (Å²) in [7, 11) is 0. The number of hydrogen-bond donors (Lipinski definition) is 0. The van der Waals surface area contributed by atoms with Gasteiger partial charge in [0.15, 0.2) is 0 Å². The quantitative estimate of drug-likeness (QED) is 0.634. The molecule has 0 amide bonds. The van der Waals surface area contributed by atoms with Crippen LogP contribution in [0.15, 0.2) is 36.4 Å². The van der Waals surface area contributed by atoms with E-state index < -0.39 is 0 Å². The van der Waals surface area contributed by atoms with E-state index in [1.807, 2.05) is 36.6 Å². The van der Waals surface area contributed by atoms with Crippen molar-refractivity contribution in [3.05, 3.63) is 59.2 Å². The van der Waals surface area contributed by atoms with Gasteiger partial charge in [-0.2, -0.15) is 0 Å². The molecule has 1 aromatic heterocycles. The first kappa shape index (κ1) is 13.1. The standard InChI is InChI=1S/C16H14ClFN2/c1-10-3-6-14-13(7-10)19-16(9-17)20(14)15-8-12(18)5-4-11(15)2/h3-8H,9H2,1-2H3. The first-order valence-corrected chi connectivity index (χ1v) is 6.94. The maximum absolute atomic E-state index is 13.6. The third-order valence-corrected chi connectivity index (χ3v) is 3.65. The second-order valence-electron chi connectivity index (χ2n) is 4.92. The van der Waals surface area contributed by atoms with E-state index in [2.05, 4.69) is 4.98 Å². The van der Waals surface area contributed by atoms with Gasteiger partial charge in [-0.25, -0.2) is 9.37 Å². The monoisotopic (exact) mass is 288 g/mol. The highest BCUT2D eigenvalue weighted by Crippen LogP contribution is 2.26. The van der Waals surface area contributed by atoms with Crippen LogP contribution in [0.4, 0.5) is 4.39 Å². The van der Waals surface area contributed by atoms with Crippen LogP contribution < -0.4 is 0 Å². The van der Waals surface area contributed by atoms with Gasteiger partial charge >= 0.3 is 0 Å². The molecule has 4 heteroatoms. The number of benzene rings is 2. The van der Waals surface area contributed by atoms with Crippen molar-refractivity contribution in [1.82, 2.24) is 9.55 Å². The highest BCUT2D eigenvalue weighted by molar-refractivity contribution is 6.17. The summed E-state index contributed by atoms with van der Waals surface area (Å²) in [6.07, 6.45) is 0. The van der Waals surface area contributed by atoms with Crippen molar-refractivity contribution in [2.45, 2.75) is 19.7 Å². The van der Waals surface area contributed by atoms with Crippen molar-refractivity contribution >= 4 is 22.6 Å². The summed E-state index contributed by atoms with van der Waals surface area (Å²) in [6, 6.07) is 10.8. The molecule has 0 radical (unpaired) electrons. The van der Waals surface area contributed by atoms with Crippen molar-refractivity contribution in [1.29, 1.82) is 0 Å². The molecule has 0 atom stereocenters. The van der Waals surface area contributed by atoms with Gasteiger partial charge in [0, 0.05) is 0 Å². The van der Waals surface area contributed by atoms with Crippen molar-refractivity contribution in [3.8, 4) is 5.69 Å². The summed E-state index contributed by atoms with van der Waals surface area (Å²) in [5.41, 5.74) is 4.73. The molecule has 0 spiro atoms. The Balaban J connectivity index is 2.37. The summed E-state index contributed by atoms with van der Waals surface area (Å²) in [4.78, 5) is 4.55. The number of hydrogen-bond acceptors (Lipinski definition) is 1. The zero-order chi connectivity index (χ0) is 14.3. The second-order valence-corrected chi connectivity index (χ2v) is 5.19. The summed E-state index contributed by atoms with van der Waals surface area (Å²) >= 11 is 6.01. The number of alkyl halides is 1. The molecule has 0 saturated carbocycles. The van der Waals surface area contributed by atoms with E-state index in [0.29, 0.717) is 0 Å². The van der Waals surface area contributed by atoms with E-state index in [1.165, 1.54) is 12.1 Å². The van der Waals surface area contributed by atoms with Crippen LogP contribution in [0.3, 0.4) is 0 Å². The third kappa shape index (κ3) is 2.08. The Hall–Kier alpha value is -1.87. The summed E-state index contributed by atoms with van der Waals surface area (Å²) in [6.45, 7) is 3.97. The fraction of sp³-hybridized carbons (Fsp3) is 0.188. The van der Waals surface area contributed by atoms with E-state index in [0.717, 1.165) is 33.7 Å². The summed E-state index contributed by atoms with van der Waals surface area (Å²) in [5, 5.41) is 0. The number of aromatic nitrogens is 2. The van der Waals surface area contributed by atoms with E-state index >= 15 is 0 Å². The minimum Gasteiger partial charge on any atom is -0.295 e. The number of rotatable bonds is 2. The predicted molar refractivity (Wildman–Crippen MR) is 80.1 cm³/mol. The highest BCUT2D eigenvalue weighted by atomic mass is 35.5. The Morgan fingerprint density at radius 1 is 1.15 bits per heavy atom. The highest BCUT2D eigenvalue weighted by Gasteiger charge is 2.14. The van der Waals surface area contributed by atoms with Crippen LogP contribution in [-0.2, 0) is 5.88 Å². The van der Waals surface area contributed by atoms with E-state index in [1.54, 1.807) is 6.07 Å². The average molecular weight is 289 g/mol. The lowest BCUT2D eigenvalue weighted by Crippen LogP contribution is -2.02. The minimum absolute atomic E-state index is 0.264. The van der Waals surface area contributed by atoms with Gasteiger partial charge in [0.05, 0.1) is 22.6 Å². The topological polar surface area (TPSA) is 17.8 Å². The van der Waals surface area contributed by atoms with Crippen LogP contribution in [0.25, 0.3) is 16.7 Å². The van der Waals surface area contributed by atoms with Crippen molar-refractivity contribution in [3.63, 3.8) is 0 Å². The normalized spacial score (nSPS) is 11.2. The first-order valence-electron chi connectivity index (χ1n) is 6.40. The van der Waals surface area contributed by atoms with Crippen molar-refractivity contribution in [2.24, 2.45) is 0 Å². The second kappa shape index (κ2) is 4.91. The van der Waals surface area contributed by atoms with Crippen LogP contribution in [0.1, 0.15) is 17.0 Å². The maximum Gasteiger partial charge on any atom is 0.129 e. The van der Waals surface area contributed by atoms with Crippen LogP contribution >= 0.6 is 11.6 Å². The van der Waals surface area contributed by atoms with Crippen LogP contribution in [0.2, 0.25) is 0 Å². The lowest BCUT2D eigenvalue weighted by atomic mass is 10.1. The maximum atomic E-state index is 13.6. The van der Waals surface area contributed by atoms with Crippen LogP contribution in [-0.4, -0.2) is 9.55 Å². The molecule has 0 bridgehead atoms. The molecule has 0 unspecified atom stereocenters. The Kier molecular flexibility index (Phi) is 3.22. The van der Waals surface area contributed by atoms with Crippen molar-refractivity contribution in [2.75, 3.05) is 0 Å². The molecule has 0 fully saturated rings. The summed E-state index contributed by atoms with van der Waals surface area (Å²) in [5.74, 6) is 0.741. The molecular formula is C16H14ClFN2. The molecule has 0 aliphatic carbocycles. The van der Waals surface area contributed by atoms with Gasteiger partial charge < -0.3 is 0 Å². The summed E-state index contributed by atoms with van der Waals surface area (Å²) < 4.78 is 15.5. The third-order valence-electron chi connectivity index (χ3n) is 3.41. The van der Waals surface area contributed by atoms with E-state index in [4.69, 9.17) is 11.6 Å². The average Bonchev–Trinajstić information content (AvgIpc) is 2.78. The molecule has 3 aromatic rings. The van der Waals surface area contributed by atoms with Gasteiger partial charge in [0.25, 0.3) is 0 Å². The molecule has 0 aliphatic heterocycles. The lowest BCUT2D eigenvalue weighted by Gasteiger charge is -2.11. The molecule has 0 saturated heterocycles. The first-order chi connectivity index (χ1) is 9.60. The fourth-order valence-corrected chi connectivity index (χ4v) is 2.60. The zero-order valence-electron chi connectivity index (χ0n) is 11.3. The minimum atomic E-state index is -0.264. The number of aryl methyl sites for hydroxylation is 2. The molecule has 20 heavy (non-hydrogen) atoms. The Bertz CT molecular complexity index is 793. The van der Waals surface area contributed by atoms with Gasteiger partial charge in [0.2, 0.25) is 0 Å². The fourth-order valence-electron chi connectivity index (χ4n) is 2.42. The van der Waals surface area contributed by atoms with E-state index in [9.17, 15) is 4.39 Å². The molecule has 2 aromatic carbocycles. The molecule has 0 N–H and O–H groups in total. The predicted octanol–water partition coefficient (Wildman–Crippen LogP) is 4.52. The smallest absolute Gasteiger partial charge is 0.129 e. The van der Waals surface area contributed by atoms with Crippen molar-refractivity contribution < 1.29 is 4.39 Å². The van der Waals surface area contributed by atoms with Crippen LogP contribution in [0, 0.1) is 19.7 Å². The number of imidazole rings is 1. The molecule has 102 valence electrons. The van der Waals surface area contributed by atoms with Gasteiger partial charge in [-0.15, -0.1) is 11.6 Å². The molecule has 3 rings (SSSR count). The van der Waals surface area contributed by atoms with E-state index in [-0.39, 0.29) is 11.7 Å². The van der Waals surface area contributed by atoms with Gasteiger partial charge in [0.1, 0.15) is 11.6 Å². The van der Waals surface area contributed by atoms with Gasteiger partial charge in [-0.1, -0.05) is 12.1 Å². The SMILES string of the molecule is Cc1ccc2c(c1)nc(CCl)n2-c1cc(F)ccc1C. The largest absolute Gasteiger partial charge is 0.295 e. The Morgan fingerprint density at radius 3 is 2.70 bits per heavy atom.